The second-order valence-electron chi connectivity index (χ2n) is 6.46. The van der Waals surface area contributed by atoms with Crippen molar-refractivity contribution in [2.24, 2.45) is 0 Å². The average molecular weight is 430 g/mol. The molecule has 0 aliphatic rings. The molecule has 0 unspecified atom stereocenters. The first kappa shape index (κ1) is 21.5. The van der Waals surface area contributed by atoms with E-state index in [1.807, 2.05) is 24.3 Å². The van der Waals surface area contributed by atoms with E-state index in [1.165, 1.54) is 19.2 Å². The number of benzene rings is 2. The second kappa shape index (κ2) is 9.51. The van der Waals surface area contributed by atoms with Crippen LogP contribution in [0.5, 0.6) is 5.75 Å². The number of nitrogens with zero attached hydrogens (tertiary/aromatic N) is 2. The highest BCUT2D eigenvalue weighted by molar-refractivity contribution is 7.89. The van der Waals surface area contributed by atoms with Gasteiger partial charge in [-0.05, 0) is 55.4 Å². The Bertz CT molecular complexity index is 1090. The molecular formula is C20H23N5O4S. The van der Waals surface area contributed by atoms with E-state index in [0.29, 0.717) is 18.1 Å². The third-order valence-electron chi connectivity index (χ3n) is 4.48. The molecule has 0 bridgehead atoms. The summed E-state index contributed by atoms with van der Waals surface area (Å²) in [6.45, 7) is 0.237. The highest BCUT2D eigenvalue weighted by atomic mass is 32.2. The number of aromatic nitrogens is 3. The molecule has 0 fully saturated rings. The van der Waals surface area contributed by atoms with Crippen LogP contribution in [0, 0.1) is 0 Å². The lowest BCUT2D eigenvalue weighted by atomic mass is 10.1. The summed E-state index contributed by atoms with van der Waals surface area (Å²) in [5.41, 5.74) is 1.72. The van der Waals surface area contributed by atoms with Crippen molar-refractivity contribution in [1.29, 1.82) is 0 Å². The molecule has 0 radical (unpaired) electrons. The van der Waals surface area contributed by atoms with Gasteiger partial charge in [0.1, 0.15) is 11.6 Å². The number of hydrogen-bond donors (Lipinski definition) is 3. The van der Waals surface area contributed by atoms with Crippen molar-refractivity contribution in [3.05, 3.63) is 59.9 Å². The summed E-state index contributed by atoms with van der Waals surface area (Å²) < 4.78 is 30.8. The SMILES string of the molecule is CNS(=O)(=O)c1ccc(CCC(=O)NCc2nc(-c3ccc(OC)cc3)n[nH]2)cc1. The number of carbonyl (C=O) groups is 1. The molecule has 3 aromatic rings. The number of methoxy groups -OCH3 is 1. The number of aromatic amines is 1. The fourth-order valence-electron chi connectivity index (χ4n) is 2.73. The van der Waals surface area contributed by atoms with Crippen LogP contribution >= 0.6 is 0 Å². The molecule has 0 aliphatic heterocycles. The molecule has 3 rings (SSSR count). The standard InChI is InChI=1S/C20H23N5O4S/c1-21-30(27,28)17-10-3-14(4-11-17)5-12-19(26)22-13-18-23-20(25-24-18)15-6-8-16(29-2)9-7-15/h3-4,6-11,21H,5,12-13H2,1-2H3,(H,22,26)(H,23,24,25). The molecule has 158 valence electrons. The second-order valence-corrected chi connectivity index (χ2v) is 8.35. The molecule has 1 amide bonds. The van der Waals surface area contributed by atoms with Crippen LogP contribution in [0.1, 0.15) is 17.8 Å². The van der Waals surface area contributed by atoms with Crippen LogP contribution in [-0.4, -0.2) is 43.7 Å². The number of aryl methyl sites for hydroxylation is 1. The highest BCUT2D eigenvalue weighted by Gasteiger charge is 2.11. The fourth-order valence-corrected chi connectivity index (χ4v) is 3.46. The quantitative estimate of drug-likeness (QED) is 0.475. The lowest BCUT2D eigenvalue weighted by Gasteiger charge is -2.05. The Kier molecular flexibility index (Phi) is 6.80. The van der Waals surface area contributed by atoms with Gasteiger partial charge in [-0.1, -0.05) is 12.1 Å². The minimum Gasteiger partial charge on any atom is -0.497 e. The van der Waals surface area contributed by atoms with Crippen molar-refractivity contribution in [2.45, 2.75) is 24.3 Å². The molecule has 3 N–H and O–H groups in total. The maximum atomic E-state index is 12.1. The molecule has 0 saturated carbocycles. The lowest BCUT2D eigenvalue weighted by Crippen LogP contribution is -2.23. The van der Waals surface area contributed by atoms with Gasteiger partial charge in [0.15, 0.2) is 5.82 Å². The molecule has 10 heteroatoms. The topological polar surface area (TPSA) is 126 Å². The van der Waals surface area contributed by atoms with Crippen LogP contribution in [-0.2, 0) is 27.8 Å². The van der Waals surface area contributed by atoms with Gasteiger partial charge in [-0.3, -0.25) is 9.89 Å². The van der Waals surface area contributed by atoms with E-state index in [2.05, 4.69) is 25.2 Å². The summed E-state index contributed by atoms with van der Waals surface area (Å²) in [6.07, 6.45) is 0.775. The molecule has 1 aromatic heterocycles. The summed E-state index contributed by atoms with van der Waals surface area (Å²) >= 11 is 0. The number of H-pyrrole nitrogens is 1. The average Bonchev–Trinajstić information content (AvgIpc) is 3.25. The van der Waals surface area contributed by atoms with E-state index >= 15 is 0 Å². The van der Waals surface area contributed by atoms with Crippen molar-refractivity contribution in [3.8, 4) is 17.1 Å². The van der Waals surface area contributed by atoms with Gasteiger partial charge in [0, 0.05) is 12.0 Å². The normalized spacial score (nSPS) is 11.3. The van der Waals surface area contributed by atoms with E-state index in [4.69, 9.17) is 4.74 Å². The molecule has 0 atom stereocenters. The zero-order valence-electron chi connectivity index (χ0n) is 16.7. The van der Waals surface area contributed by atoms with Crippen molar-refractivity contribution in [1.82, 2.24) is 25.2 Å². The molecular weight excluding hydrogens is 406 g/mol. The third kappa shape index (κ3) is 5.43. The molecule has 1 heterocycles. The van der Waals surface area contributed by atoms with Gasteiger partial charge in [0.05, 0.1) is 18.6 Å². The Morgan fingerprint density at radius 1 is 1.10 bits per heavy atom. The Morgan fingerprint density at radius 2 is 1.80 bits per heavy atom. The Balaban J connectivity index is 1.48. The lowest BCUT2D eigenvalue weighted by molar-refractivity contribution is -0.121. The summed E-state index contributed by atoms with van der Waals surface area (Å²) in [4.78, 5) is 16.7. The van der Waals surface area contributed by atoms with Crippen molar-refractivity contribution in [2.75, 3.05) is 14.2 Å². The minimum atomic E-state index is -3.46. The van der Waals surface area contributed by atoms with Crippen LogP contribution in [0.3, 0.4) is 0 Å². The zero-order chi connectivity index (χ0) is 21.6. The highest BCUT2D eigenvalue weighted by Crippen LogP contribution is 2.19. The van der Waals surface area contributed by atoms with Crippen molar-refractivity contribution < 1.29 is 17.9 Å². The van der Waals surface area contributed by atoms with Gasteiger partial charge in [-0.2, -0.15) is 5.10 Å². The summed E-state index contributed by atoms with van der Waals surface area (Å²) in [6, 6.07) is 13.8. The van der Waals surface area contributed by atoms with Crippen molar-refractivity contribution >= 4 is 15.9 Å². The van der Waals surface area contributed by atoms with E-state index in [1.54, 1.807) is 19.2 Å². The molecule has 2 aromatic carbocycles. The first-order valence-corrected chi connectivity index (χ1v) is 10.7. The number of rotatable bonds is 9. The monoisotopic (exact) mass is 429 g/mol. The largest absolute Gasteiger partial charge is 0.497 e. The first-order valence-electron chi connectivity index (χ1n) is 9.26. The number of ether oxygens (including phenoxy) is 1. The predicted octanol–water partition coefficient (Wildman–Crippen LogP) is 1.64. The first-order chi connectivity index (χ1) is 14.4. The zero-order valence-corrected chi connectivity index (χ0v) is 17.5. The maximum Gasteiger partial charge on any atom is 0.240 e. The van der Waals surface area contributed by atoms with E-state index in [-0.39, 0.29) is 23.8 Å². The third-order valence-corrected chi connectivity index (χ3v) is 5.91. The minimum absolute atomic E-state index is 0.135. The Labute approximate surface area is 174 Å². The summed E-state index contributed by atoms with van der Waals surface area (Å²) in [5, 5.41) is 9.78. The predicted molar refractivity (Wildman–Crippen MR) is 111 cm³/mol. The number of sulfonamides is 1. The molecule has 0 spiro atoms. The number of hydrogen-bond acceptors (Lipinski definition) is 6. The molecule has 0 aliphatic carbocycles. The maximum absolute atomic E-state index is 12.1. The summed E-state index contributed by atoms with van der Waals surface area (Å²) in [7, 11) is -0.493. The van der Waals surface area contributed by atoms with E-state index in [0.717, 1.165) is 16.9 Å². The van der Waals surface area contributed by atoms with Crippen molar-refractivity contribution in [3.63, 3.8) is 0 Å². The van der Waals surface area contributed by atoms with Gasteiger partial charge in [-0.15, -0.1) is 0 Å². The van der Waals surface area contributed by atoms with E-state index in [9.17, 15) is 13.2 Å². The van der Waals surface area contributed by atoms with Gasteiger partial charge in [0.2, 0.25) is 15.9 Å². The van der Waals surface area contributed by atoms with E-state index < -0.39 is 10.0 Å². The molecule has 0 saturated heterocycles. The van der Waals surface area contributed by atoms with Crippen LogP contribution in [0.15, 0.2) is 53.4 Å². The Morgan fingerprint density at radius 3 is 2.43 bits per heavy atom. The van der Waals surface area contributed by atoms with Gasteiger partial charge < -0.3 is 10.1 Å². The molecule has 30 heavy (non-hydrogen) atoms. The smallest absolute Gasteiger partial charge is 0.240 e. The van der Waals surface area contributed by atoms with Crippen LogP contribution in [0.2, 0.25) is 0 Å². The van der Waals surface area contributed by atoms with Crippen LogP contribution < -0.4 is 14.8 Å². The number of carbonyl (C=O) groups excluding carboxylic acids is 1. The van der Waals surface area contributed by atoms with Crippen LogP contribution in [0.25, 0.3) is 11.4 Å². The van der Waals surface area contributed by atoms with Gasteiger partial charge >= 0.3 is 0 Å². The van der Waals surface area contributed by atoms with Gasteiger partial charge in [-0.25, -0.2) is 18.1 Å². The summed E-state index contributed by atoms with van der Waals surface area (Å²) in [5.74, 6) is 1.71. The van der Waals surface area contributed by atoms with Crippen LogP contribution in [0.4, 0.5) is 0 Å². The fraction of sp³-hybridized carbons (Fsp3) is 0.250. The molecule has 9 nitrogen and oxygen atoms in total. The number of nitrogens with one attached hydrogen (secondary N) is 3. The van der Waals surface area contributed by atoms with Gasteiger partial charge in [0.25, 0.3) is 0 Å². The number of amides is 1. The Hall–Kier alpha value is -3.24.